The van der Waals surface area contributed by atoms with Gasteiger partial charge in [-0.1, -0.05) is 12.1 Å². The van der Waals surface area contributed by atoms with Crippen LogP contribution in [-0.4, -0.2) is 39.9 Å². The van der Waals surface area contributed by atoms with Crippen molar-refractivity contribution in [2.24, 2.45) is 0 Å². The SMILES string of the molecule is CNC(=O)c1ccc(CN(c2ncc([N+](=O)[O-])c(NC3CC3)n2)C2CC2)cc1. The lowest BCUT2D eigenvalue weighted by Crippen LogP contribution is -2.27. The molecule has 0 radical (unpaired) electrons. The first kappa shape index (κ1) is 18.1. The van der Waals surface area contributed by atoms with Gasteiger partial charge in [0.1, 0.15) is 6.20 Å². The maximum absolute atomic E-state index is 11.7. The topological polar surface area (TPSA) is 113 Å². The lowest BCUT2D eigenvalue weighted by Gasteiger charge is -2.23. The van der Waals surface area contributed by atoms with E-state index in [-0.39, 0.29) is 23.5 Å². The summed E-state index contributed by atoms with van der Waals surface area (Å²) in [6.07, 6.45) is 5.38. The third kappa shape index (κ3) is 4.03. The summed E-state index contributed by atoms with van der Waals surface area (Å²) in [4.78, 5) is 33.4. The number of amides is 1. The molecule has 2 aliphatic rings. The molecular formula is C19H22N6O3. The molecular weight excluding hydrogens is 360 g/mol. The highest BCUT2D eigenvalue weighted by atomic mass is 16.6. The number of nitrogens with one attached hydrogen (secondary N) is 2. The fourth-order valence-corrected chi connectivity index (χ4v) is 3.02. The molecule has 2 aliphatic carbocycles. The molecule has 0 aliphatic heterocycles. The quantitative estimate of drug-likeness (QED) is 0.532. The number of carbonyl (C=O) groups is 1. The molecule has 0 unspecified atom stereocenters. The van der Waals surface area contributed by atoms with Crippen LogP contribution in [0.15, 0.2) is 30.5 Å². The Morgan fingerprint density at radius 1 is 1.25 bits per heavy atom. The summed E-state index contributed by atoms with van der Waals surface area (Å²) in [7, 11) is 1.60. The number of anilines is 2. The number of hydrogen-bond acceptors (Lipinski definition) is 7. The van der Waals surface area contributed by atoms with Gasteiger partial charge >= 0.3 is 5.69 Å². The van der Waals surface area contributed by atoms with Gasteiger partial charge in [0, 0.05) is 31.2 Å². The van der Waals surface area contributed by atoms with Crippen molar-refractivity contribution in [2.75, 3.05) is 17.3 Å². The monoisotopic (exact) mass is 382 g/mol. The molecule has 2 fully saturated rings. The molecule has 0 spiro atoms. The maximum Gasteiger partial charge on any atom is 0.329 e. The largest absolute Gasteiger partial charge is 0.361 e. The minimum Gasteiger partial charge on any atom is -0.361 e. The van der Waals surface area contributed by atoms with Gasteiger partial charge in [-0.25, -0.2) is 4.98 Å². The summed E-state index contributed by atoms with van der Waals surface area (Å²) in [5, 5.41) is 17.0. The van der Waals surface area contributed by atoms with Crippen molar-refractivity contribution in [1.29, 1.82) is 0 Å². The smallest absolute Gasteiger partial charge is 0.329 e. The lowest BCUT2D eigenvalue weighted by atomic mass is 10.1. The Hall–Kier alpha value is -3.23. The average molecular weight is 382 g/mol. The first-order valence-electron chi connectivity index (χ1n) is 9.41. The average Bonchev–Trinajstić information content (AvgIpc) is 3.60. The van der Waals surface area contributed by atoms with Crippen LogP contribution in [0.1, 0.15) is 41.6 Å². The summed E-state index contributed by atoms with van der Waals surface area (Å²) >= 11 is 0. The number of nitrogens with zero attached hydrogens (tertiary/aromatic N) is 4. The zero-order valence-electron chi connectivity index (χ0n) is 15.6. The first-order chi connectivity index (χ1) is 13.5. The van der Waals surface area contributed by atoms with Crippen molar-refractivity contribution in [2.45, 2.75) is 44.3 Å². The van der Waals surface area contributed by atoms with E-state index in [9.17, 15) is 14.9 Å². The molecule has 2 saturated carbocycles. The van der Waals surface area contributed by atoms with E-state index in [0.29, 0.717) is 24.1 Å². The molecule has 2 aromatic rings. The Bertz CT molecular complexity index is 893. The molecule has 2 N–H and O–H groups in total. The Morgan fingerprint density at radius 2 is 1.96 bits per heavy atom. The second-order valence-electron chi connectivity index (χ2n) is 7.21. The summed E-state index contributed by atoms with van der Waals surface area (Å²) in [6.45, 7) is 0.583. The van der Waals surface area contributed by atoms with Crippen LogP contribution < -0.4 is 15.5 Å². The van der Waals surface area contributed by atoms with Crippen molar-refractivity contribution in [3.05, 3.63) is 51.7 Å². The fourth-order valence-electron chi connectivity index (χ4n) is 3.02. The molecule has 0 saturated heterocycles. The van der Waals surface area contributed by atoms with E-state index in [4.69, 9.17) is 0 Å². The molecule has 0 atom stereocenters. The lowest BCUT2D eigenvalue weighted by molar-refractivity contribution is -0.384. The number of benzene rings is 1. The van der Waals surface area contributed by atoms with Crippen molar-refractivity contribution in [3.63, 3.8) is 0 Å². The minimum atomic E-state index is -0.451. The van der Waals surface area contributed by atoms with Crippen molar-refractivity contribution < 1.29 is 9.72 Å². The highest BCUT2D eigenvalue weighted by Gasteiger charge is 2.33. The van der Waals surface area contributed by atoms with Gasteiger partial charge in [-0.2, -0.15) is 4.98 Å². The number of nitro groups is 1. The summed E-state index contributed by atoms with van der Waals surface area (Å²) in [5.74, 6) is 0.657. The van der Waals surface area contributed by atoms with Gasteiger partial charge in [0.25, 0.3) is 5.91 Å². The van der Waals surface area contributed by atoms with E-state index < -0.39 is 4.92 Å². The van der Waals surface area contributed by atoms with Gasteiger partial charge in [0.2, 0.25) is 11.8 Å². The third-order valence-electron chi connectivity index (χ3n) is 4.91. The maximum atomic E-state index is 11.7. The van der Waals surface area contributed by atoms with Crippen LogP contribution in [0.2, 0.25) is 0 Å². The highest BCUT2D eigenvalue weighted by molar-refractivity contribution is 5.93. The van der Waals surface area contributed by atoms with E-state index in [2.05, 4.69) is 25.5 Å². The van der Waals surface area contributed by atoms with Crippen LogP contribution in [-0.2, 0) is 6.54 Å². The summed E-state index contributed by atoms with van der Waals surface area (Å²) < 4.78 is 0. The van der Waals surface area contributed by atoms with Crippen LogP contribution in [0.5, 0.6) is 0 Å². The second kappa shape index (κ2) is 7.41. The molecule has 1 heterocycles. The van der Waals surface area contributed by atoms with E-state index in [1.807, 2.05) is 12.1 Å². The van der Waals surface area contributed by atoms with Gasteiger partial charge in [-0.05, 0) is 43.4 Å². The Labute approximate surface area is 162 Å². The van der Waals surface area contributed by atoms with E-state index in [1.54, 1.807) is 19.2 Å². The van der Waals surface area contributed by atoms with E-state index in [1.165, 1.54) is 6.20 Å². The van der Waals surface area contributed by atoms with E-state index in [0.717, 1.165) is 31.2 Å². The van der Waals surface area contributed by atoms with Crippen LogP contribution in [0.25, 0.3) is 0 Å². The third-order valence-corrected chi connectivity index (χ3v) is 4.91. The minimum absolute atomic E-state index is 0.0960. The van der Waals surface area contributed by atoms with Gasteiger partial charge in [0.05, 0.1) is 4.92 Å². The molecule has 1 aromatic heterocycles. The molecule has 28 heavy (non-hydrogen) atoms. The van der Waals surface area contributed by atoms with Crippen molar-refractivity contribution in [1.82, 2.24) is 15.3 Å². The Balaban J connectivity index is 1.57. The van der Waals surface area contributed by atoms with Crippen molar-refractivity contribution in [3.8, 4) is 0 Å². The summed E-state index contributed by atoms with van der Waals surface area (Å²) in [5.41, 5.74) is 1.53. The zero-order valence-corrected chi connectivity index (χ0v) is 15.6. The molecule has 0 bridgehead atoms. The molecule has 9 heteroatoms. The number of aromatic nitrogens is 2. The standard InChI is InChI=1S/C19H22N6O3/c1-20-18(26)13-4-2-12(3-5-13)11-24(15-8-9-15)19-21-10-16(25(27)28)17(23-19)22-14-6-7-14/h2-5,10,14-15H,6-9,11H2,1H3,(H,20,26)(H,21,22,23). The number of rotatable bonds is 8. The van der Waals surface area contributed by atoms with Crippen LogP contribution in [0, 0.1) is 10.1 Å². The Morgan fingerprint density at radius 3 is 2.54 bits per heavy atom. The number of hydrogen-bond donors (Lipinski definition) is 2. The second-order valence-corrected chi connectivity index (χ2v) is 7.21. The van der Waals surface area contributed by atoms with Gasteiger partial charge in [-0.3, -0.25) is 14.9 Å². The van der Waals surface area contributed by atoms with E-state index >= 15 is 0 Å². The predicted molar refractivity (Wildman–Crippen MR) is 104 cm³/mol. The van der Waals surface area contributed by atoms with Gasteiger partial charge in [0.15, 0.2) is 0 Å². The molecule has 1 amide bonds. The molecule has 9 nitrogen and oxygen atoms in total. The van der Waals surface area contributed by atoms with Crippen molar-refractivity contribution >= 4 is 23.4 Å². The summed E-state index contributed by atoms with van der Waals surface area (Å²) in [6, 6.07) is 7.98. The number of carbonyl (C=O) groups excluding carboxylic acids is 1. The van der Waals surface area contributed by atoms with Crippen LogP contribution >= 0.6 is 0 Å². The van der Waals surface area contributed by atoms with Crippen LogP contribution in [0.4, 0.5) is 17.5 Å². The predicted octanol–water partition coefficient (Wildman–Crippen LogP) is 2.49. The molecule has 4 rings (SSSR count). The van der Waals surface area contributed by atoms with Gasteiger partial charge < -0.3 is 15.5 Å². The zero-order chi connectivity index (χ0) is 19.7. The normalized spacial score (nSPS) is 15.8. The Kier molecular flexibility index (Phi) is 4.81. The van der Waals surface area contributed by atoms with Gasteiger partial charge in [-0.15, -0.1) is 0 Å². The van der Waals surface area contributed by atoms with Crippen LogP contribution in [0.3, 0.4) is 0 Å². The highest BCUT2D eigenvalue weighted by Crippen LogP contribution is 2.34. The molecule has 1 aromatic carbocycles. The molecule has 146 valence electrons. The fraction of sp³-hybridized carbons (Fsp3) is 0.421. The first-order valence-corrected chi connectivity index (χ1v) is 9.41.